The van der Waals surface area contributed by atoms with Crippen LogP contribution in [0.4, 0.5) is 0 Å². The summed E-state index contributed by atoms with van der Waals surface area (Å²) >= 11 is 0. The van der Waals surface area contributed by atoms with Gasteiger partial charge in [-0.15, -0.1) is 0 Å². The van der Waals surface area contributed by atoms with E-state index in [1.54, 1.807) is 0 Å². The first-order valence-corrected chi connectivity index (χ1v) is 15.0. The zero-order chi connectivity index (χ0) is 28.1. The average molecular weight is 528 g/mol. The number of benzene rings is 5. The van der Waals surface area contributed by atoms with Crippen LogP contribution in [-0.4, -0.2) is 0 Å². The van der Waals surface area contributed by atoms with Gasteiger partial charge < -0.3 is 0 Å². The van der Waals surface area contributed by atoms with Gasteiger partial charge in [0.25, 0.3) is 0 Å². The third-order valence-electron chi connectivity index (χ3n) is 9.18. The monoisotopic (exact) mass is 527 g/mol. The van der Waals surface area contributed by atoms with E-state index in [-0.39, 0.29) is 5.92 Å². The highest BCUT2D eigenvalue weighted by Crippen LogP contribution is 2.40. The van der Waals surface area contributed by atoms with Crippen LogP contribution in [0, 0.1) is 13.8 Å². The molecule has 0 saturated carbocycles. The molecule has 1 unspecified atom stereocenters. The predicted octanol–water partition coefficient (Wildman–Crippen LogP) is 8.52. The van der Waals surface area contributed by atoms with Gasteiger partial charge in [-0.05, 0) is 122 Å². The molecule has 41 heavy (non-hydrogen) atoms. The van der Waals surface area contributed by atoms with Crippen LogP contribution in [0.25, 0.3) is 28.9 Å². The molecular formula is C41H35. The molecule has 0 aromatic heterocycles. The summed E-state index contributed by atoms with van der Waals surface area (Å²) in [5.74, 6) is 0.203. The van der Waals surface area contributed by atoms with Crippen LogP contribution in [0.2, 0.25) is 0 Å². The molecule has 5 aromatic rings. The molecule has 1 radical (unpaired) electrons. The molecule has 0 spiro atoms. The number of hydrogen-bond acceptors (Lipinski definition) is 0. The van der Waals surface area contributed by atoms with Crippen molar-refractivity contribution in [3.8, 4) is 11.1 Å². The molecule has 7 rings (SSSR count). The van der Waals surface area contributed by atoms with Gasteiger partial charge in [0.05, 0.1) is 0 Å². The zero-order valence-electron chi connectivity index (χ0n) is 24.4. The smallest absolute Gasteiger partial charge is 0.0290 e. The molecule has 0 saturated heterocycles. The van der Waals surface area contributed by atoms with Crippen LogP contribution < -0.4 is 10.4 Å². The lowest BCUT2D eigenvalue weighted by molar-refractivity contribution is 0.955. The minimum atomic E-state index is 0.203. The van der Waals surface area contributed by atoms with Crippen molar-refractivity contribution in [1.82, 2.24) is 0 Å². The summed E-state index contributed by atoms with van der Waals surface area (Å²) in [7, 11) is 0. The van der Waals surface area contributed by atoms with Crippen molar-refractivity contribution in [2.75, 3.05) is 0 Å². The van der Waals surface area contributed by atoms with Gasteiger partial charge in [0.15, 0.2) is 0 Å². The SMILES string of the molecule is CCc1ccc2c(c1)[C]=c1c-2cc(=C(c2ccccc2)c2ccccc2)c(CC)c1C1C=Cc2ccc(C)c(C)c21. The Morgan fingerprint density at radius 2 is 1.41 bits per heavy atom. The molecule has 1 atom stereocenters. The van der Waals surface area contributed by atoms with Crippen molar-refractivity contribution >= 4 is 17.7 Å². The lowest BCUT2D eigenvalue weighted by Crippen LogP contribution is -2.27. The van der Waals surface area contributed by atoms with Crippen molar-refractivity contribution in [2.24, 2.45) is 0 Å². The molecule has 0 N–H and O–H groups in total. The number of hydrogen-bond donors (Lipinski definition) is 0. The molecule has 0 aliphatic heterocycles. The van der Waals surface area contributed by atoms with E-state index < -0.39 is 0 Å². The van der Waals surface area contributed by atoms with Crippen molar-refractivity contribution < 1.29 is 0 Å². The molecule has 2 aliphatic rings. The fourth-order valence-corrected chi connectivity index (χ4v) is 6.96. The third kappa shape index (κ3) is 4.13. The van der Waals surface area contributed by atoms with Crippen molar-refractivity contribution in [3.63, 3.8) is 0 Å². The number of rotatable bonds is 5. The topological polar surface area (TPSA) is 0 Å². The number of allylic oxidation sites excluding steroid dienone is 1. The average Bonchev–Trinajstić information content (AvgIpc) is 3.61. The Labute approximate surface area is 244 Å². The summed E-state index contributed by atoms with van der Waals surface area (Å²) in [6, 6.07) is 35.9. The van der Waals surface area contributed by atoms with Gasteiger partial charge in [-0.25, -0.2) is 0 Å². The molecular weight excluding hydrogens is 492 g/mol. The molecule has 0 bridgehead atoms. The largest absolute Gasteiger partial charge is 0.0720 e. The number of aryl methyl sites for hydroxylation is 2. The lowest BCUT2D eigenvalue weighted by atomic mass is 9.81. The molecule has 2 aliphatic carbocycles. The summed E-state index contributed by atoms with van der Waals surface area (Å²) in [4.78, 5) is 0. The minimum absolute atomic E-state index is 0.203. The van der Waals surface area contributed by atoms with Crippen LogP contribution in [0.15, 0.2) is 103 Å². The van der Waals surface area contributed by atoms with E-state index in [1.807, 2.05) is 0 Å². The summed E-state index contributed by atoms with van der Waals surface area (Å²) in [6.45, 7) is 9.09. The maximum absolute atomic E-state index is 3.94. The zero-order valence-corrected chi connectivity index (χ0v) is 24.4. The second-order valence-corrected chi connectivity index (χ2v) is 11.4. The van der Waals surface area contributed by atoms with Gasteiger partial charge in [0.2, 0.25) is 0 Å². The quantitative estimate of drug-likeness (QED) is 0.211. The van der Waals surface area contributed by atoms with Crippen LogP contribution in [0.1, 0.15) is 75.4 Å². The van der Waals surface area contributed by atoms with Crippen LogP contribution in [0.5, 0.6) is 0 Å². The molecule has 5 aromatic carbocycles. The van der Waals surface area contributed by atoms with Crippen LogP contribution >= 0.6 is 0 Å². The second-order valence-electron chi connectivity index (χ2n) is 11.4. The number of fused-ring (bicyclic) bond motifs is 4. The molecule has 199 valence electrons. The minimum Gasteiger partial charge on any atom is -0.0720 e. The van der Waals surface area contributed by atoms with E-state index in [0.717, 1.165) is 12.8 Å². The van der Waals surface area contributed by atoms with E-state index in [2.05, 4.69) is 143 Å². The molecule has 0 amide bonds. The fourth-order valence-electron chi connectivity index (χ4n) is 6.96. The summed E-state index contributed by atoms with van der Waals surface area (Å²) in [6.07, 6.45) is 10.7. The van der Waals surface area contributed by atoms with Crippen molar-refractivity contribution in [1.29, 1.82) is 0 Å². The Balaban J connectivity index is 1.66. The highest BCUT2D eigenvalue weighted by atomic mass is 14.3. The van der Waals surface area contributed by atoms with Gasteiger partial charge in [-0.3, -0.25) is 0 Å². The molecule has 0 heterocycles. The van der Waals surface area contributed by atoms with Crippen molar-refractivity contribution in [2.45, 2.75) is 46.5 Å². The Kier molecular flexibility index (Phi) is 6.36. The summed E-state index contributed by atoms with van der Waals surface area (Å²) in [5, 5.41) is 2.61. The third-order valence-corrected chi connectivity index (χ3v) is 9.18. The van der Waals surface area contributed by atoms with E-state index in [9.17, 15) is 0 Å². The van der Waals surface area contributed by atoms with Gasteiger partial charge in [-0.1, -0.05) is 117 Å². The summed E-state index contributed by atoms with van der Waals surface area (Å²) in [5.41, 5.74) is 17.4. The van der Waals surface area contributed by atoms with Crippen molar-refractivity contribution in [3.05, 3.63) is 169 Å². The van der Waals surface area contributed by atoms with E-state index in [1.165, 1.54) is 82.8 Å². The second kappa shape index (κ2) is 10.2. The maximum atomic E-state index is 3.94. The van der Waals surface area contributed by atoms with E-state index >= 15 is 0 Å². The standard InChI is InChI=1S/C41H35/c1-5-28-18-21-34-32(23-28)24-37-36(34)25-38(40(29-13-9-7-10-14-29)30-15-11-8-12-16-30)33(6-2)41(37)35-22-20-31-19-17-26(3)27(4)39(31)35/h7-23,25,35H,5-6H2,1-4H3. The predicted molar refractivity (Wildman–Crippen MR) is 174 cm³/mol. The molecule has 0 nitrogen and oxygen atoms in total. The first-order chi connectivity index (χ1) is 20.1. The maximum Gasteiger partial charge on any atom is 0.0290 e. The normalized spacial score (nSPS) is 14.4. The highest BCUT2D eigenvalue weighted by molar-refractivity contribution is 5.88. The first kappa shape index (κ1) is 25.5. The van der Waals surface area contributed by atoms with Crippen LogP contribution in [0.3, 0.4) is 0 Å². The first-order valence-electron chi connectivity index (χ1n) is 15.0. The highest BCUT2D eigenvalue weighted by Gasteiger charge is 2.29. The Bertz CT molecular complexity index is 1910. The Hall–Kier alpha value is -4.42. The lowest BCUT2D eigenvalue weighted by Gasteiger charge is -2.22. The molecule has 0 heteroatoms. The van der Waals surface area contributed by atoms with Gasteiger partial charge in [0, 0.05) is 5.92 Å². The van der Waals surface area contributed by atoms with Gasteiger partial charge in [-0.2, -0.15) is 0 Å². The van der Waals surface area contributed by atoms with Gasteiger partial charge in [0.1, 0.15) is 0 Å². The van der Waals surface area contributed by atoms with Gasteiger partial charge >= 0.3 is 0 Å². The summed E-state index contributed by atoms with van der Waals surface area (Å²) < 4.78 is 0. The Morgan fingerprint density at radius 1 is 0.707 bits per heavy atom. The molecule has 0 fully saturated rings. The van der Waals surface area contributed by atoms with Crippen LogP contribution in [-0.2, 0) is 12.8 Å². The Morgan fingerprint density at radius 3 is 2.07 bits per heavy atom. The fraction of sp³-hybridized carbons (Fsp3) is 0.171. The van der Waals surface area contributed by atoms with E-state index in [0.29, 0.717) is 0 Å². The van der Waals surface area contributed by atoms with E-state index in [4.69, 9.17) is 0 Å².